The molecule has 0 radical (unpaired) electrons. The molecule has 96 valence electrons. The highest BCUT2D eigenvalue weighted by Gasteiger charge is 2.31. The Morgan fingerprint density at radius 2 is 2.28 bits per heavy atom. The minimum atomic E-state index is -0.451. The number of rotatable bonds is 3. The maximum absolute atomic E-state index is 11.9. The van der Waals surface area contributed by atoms with E-state index in [4.69, 9.17) is 5.84 Å². The Morgan fingerprint density at radius 3 is 3.00 bits per heavy atom. The second-order valence-electron chi connectivity index (χ2n) is 3.94. The van der Waals surface area contributed by atoms with Gasteiger partial charge in [-0.3, -0.25) is 19.9 Å². The smallest absolute Gasteiger partial charge is 0.251 e. The molecule has 2 rings (SSSR count). The summed E-state index contributed by atoms with van der Waals surface area (Å²) in [6.45, 7) is 0. The lowest BCUT2D eigenvalue weighted by molar-refractivity contribution is -0.146. The lowest BCUT2D eigenvalue weighted by Gasteiger charge is -2.28. The first-order valence-corrected chi connectivity index (χ1v) is 5.48. The van der Waals surface area contributed by atoms with Crippen molar-refractivity contribution in [2.45, 2.75) is 18.9 Å². The summed E-state index contributed by atoms with van der Waals surface area (Å²) in [5.74, 6) is 5.52. The molecule has 1 atom stereocenters. The molecule has 1 unspecified atom stereocenters. The van der Waals surface area contributed by atoms with Gasteiger partial charge in [0.05, 0.1) is 0 Å². The predicted molar refractivity (Wildman–Crippen MR) is 64.3 cm³/mol. The van der Waals surface area contributed by atoms with Gasteiger partial charge in [-0.05, 0) is 12.5 Å². The number of piperidine rings is 1. The van der Waals surface area contributed by atoms with Crippen LogP contribution in [0.2, 0.25) is 0 Å². The van der Waals surface area contributed by atoms with Crippen LogP contribution in [0.5, 0.6) is 0 Å². The van der Waals surface area contributed by atoms with Crippen molar-refractivity contribution in [3.63, 3.8) is 0 Å². The zero-order valence-corrected chi connectivity index (χ0v) is 9.88. The molecule has 1 aromatic rings. The number of nitrogens with one attached hydrogen (secondary N) is 2. The second-order valence-corrected chi connectivity index (χ2v) is 3.94. The van der Waals surface area contributed by atoms with E-state index in [2.05, 4.69) is 20.7 Å². The summed E-state index contributed by atoms with van der Waals surface area (Å²) >= 11 is 0. The highest BCUT2D eigenvalue weighted by atomic mass is 16.2. The maximum atomic E-state index is 11.9. The van der Waals surface area contributed by atoms with Crippen molar-refractivity contribution < 1.29 is 9.59 Å². The quantitative estimate of drug-likeness (QED) is 0.370. The summed E-state index contributed by atoms with van der Waals surface area (Å²) in [5, 5.41) is 2.97. The molecule has 1 aromatic heterocycles. The van der Waals surface area contributed by atoms with E-state index < -0.39 is 6.04 Å². The monoisotopic (exact) mass is 250 g/mol. The molecule has 4 N–H and O–H groups in total. The van der Waals surface area contributed by atoms with Gasteiger partial charge in [-0.1, -0.05) is 0 Å². The number of aromatic nitrogens is 2. The average molecular weight is 250 g/mol. The molecule has 18 heavy (non-hydrogen) atoms. The second kappa shape index (κ2) is 4.96. The minimum Gasteiger partial charge on any atom is -0.358 e. The Labute approximate surface area is 104 Å². The molecule has 0 saturated carbocycles. The van der Waals surface area contributed by atoms with Crippen molar-refractivity contribution in [2.75, 3.05) is 17.8 Å². The fraction of sp³-hybridized carbons (Fsp3) is 0.400. The molecule has 8 heteroatoms. The van der Waals surface area contributed by atoms with Gasteiger partial charge >= 0.3 is 0 Å². The van der Waals surface area contributed by atoms with E-state index in [9.17, 15) is 9.59 Å². The summed E-state index contributed by atoms with van der Waals surface area (Å²) in [5.41, 5.74) is 2.32. The largest absolute Gasteiger partial charge is 0.358 e. The van der Waals surface area contributed by atoms with E-state index >= 15 is 0 Å². The molecule has 1 saturated heterocycles. The molecule has 2 heterocycles. The number of nitrogens with two attached hydrogens (primary N) is 1. The predicted octanol–water partition coefficient (Wildman–Crippen LogP) is -0.678. The van der Waals surface area contributed by atoms with Crippen LogP contribution in [0.4, 0.5) is 11.8 Å². The van der Waals surface area contributed by atoms with Crippen LogP contribution in [-0.2, 0) is 9.59 Å². The highest BCUT2D eigenvalue weighted by Crippen LogP contribution is 2.16. The van der Waals surface area contributed by atoms with Gasteiger partial charge in [0.25, 0.3) is 5.91 Å². The molecule has 0 bridgehead atoms. The number of amides is 2. The zero-order valence-electron chi connectivity index (χ0n) is 9.88. The molecule has 0 aliphatic carbocycles. The maximum Gasteiger partial charge on any atom is 0.251 e. The number of anilines is 2. The van der Waals surface area contributed by atoms with E-state index in [-0.39, 0.29) is 17.8 Å². The number of likely N-dealkylation sites (N-methyl/N-ethyl adjacent to an activating group) is 1. The Balaban J connectivity index is 2.09. The summed E-state index contributed by atoms with van der Waals surface area (Å²) in [6.07, 6.45) is 2.32. The van der Waals surface area contributed by atoms with Gasteiger partial charge in [-0.15, -0.1) is 0 Å². The van der Waals surface area contributed by atoms with Gasteiger partial charge < -0.3 is 5.32 Å². The van der Waals surface area contributed by atoms with Crippen LogP contribution >= 0.6 is 0 Å². The number of nitrogen functional groups attached to an aromatic ring is 1. The van der Waals surface area contributed by atoms with Gasteiger partial charge in [0.2, 0.25) is 11.9 Å². The van der Waals surface area contributed by atoms with Crippen molar-refractivity contribution in [3.05, 3.63) is 12.3 Å². The fourth-order valence-electron chi connectivity index (χ4n) is 1.74. The molecule has 1 aliphatic rings. The number of hydrogen-bond donors (Lipinski definition) is 3. The number of hydrogen-bond acceptors (Lipinski definition) is 7. The average Bonchev–Trinajstić information content (AvgIpc) is 2.40. The standard InChI is InChI=1S/C10H14N6O2/c1-16-8(17)3-2-6(9(16)18)13-7-4-5-12-10(14-7)15-11/h4-6H,2-3,11H2,1H3,(H2,12,13,14,15). The molecule has 8 nitrogen and oxygen atoms in total. The topological polar surface area (TPSA) is 113 Å². The van der Waals surface area contributed by atoms with Crippen molar-refractivity contribution in [1.29, 1.82) is 0 Å². The van der Waals surface area contributed by atoms with Gasteiger partial charge in [0.1, 0.15) is 11.9 Å². The Kier molecular flexibility index (Phi) is 3.38. The molecular formula is C10H14N6O2. The van der Waals surface area contributed by atoms with E-state index in [0.29, 0.717) is 18.7 Å². The molecule has 1 aliphatic heterocycles. The number of imide groups is 1. The van der Waals surface area contributed by atoms with Crippen LogP contribution in [0.1, 0.15) is 12.8 Å². The van der Waals surface area contributed by atoms with Gasteiger partial charge in [-0.2, -0.15) is 4.98 Å². The van der Waals surface area contributed by atoms with Crippen LogP contribution in [0.25, 0.3) is 0 Å². The third-order valence-electron chi connectivity index (χ3n) is 2.76. The fourth-order valence-corrected chi connectivity index (χ4v) is 1.74. The van der Waals surface area contributed by atoms with Crippen molar-refractivity contribution in [1.82, 2.24) is 14.9 Å². The molecule has 0 aromatic carbocycles. The Bertz CT molecular complexity index is 477. The van der Waals surface area contributed by atoms with E-state index in [1.807, 2.05) is 0 Å². The number of likely N-dealkylation sites (tertiary alicyclic amines) is 1. The number of hydrazine groups is 1. The first kappa shape index (κ1) is 12.2. The lowest BCUT2D eigenvalue weighted by atomic mass is 10.0. The lowest BCUT2D eigenvalue weighted by Crippen LogP contribution is -2.48. The summed E-state index contributed by atoms with van der Waals surface area (Å²) in [7, 11) is 1.48. The van der Waals surface area contributed by atoms with Gasteiger partial charge in [0, 0.05) is 19.7 Å². The molecule has 2 amide bonds. The van der Waals surface area contributed by atoms with E-state index in [0.717, 1.165) is 4.90 Å². The van der Waals surface area contributed by atoms with Crippen LogP contribution in [0.15, 0.2) is 12.3 Å². The number of carbonyl (C=O) groups is 2. The Morgan fingerprint density at radius 1 is 1.50 bits per heavy atom. The van der Waals surface area contributed by atoms with Crippen LogP contribution in [0, 0.1) is 0 Å². The first-order chi connectivity index (χ1) is 8.61. The summed E-state index contributed by atoms with van der Waals surface area (Å²) in [6, 6.07) is 1.18. The molecule has 0 spiro atoms. The third-order valence-corrected chi connectivity index (χ3v) is 2.76. The minimum absolute atomic E-state index is 0.162. The van der Waals surface area contributed by atoms with Crippen molar-refractivity contribution in [3.8, 4) is 0 Å². The summed E-state index contributed by atoms with van der Waals surface area (Å²) in [4.78, 5) is 32.2. The third kappa shape index (κ3) is 2.38. The summed E-state index contributed by atoms with van der Waals surface area (Å²) < 4.78 is 0. The van der Waals surface area contributed by atoms with Crippen molar-refractivity contribution >= 4 is 23.6 Å². The first-order valence-electron chi connectivity index (χ1n) is 5.48. The number of carbonyl (C=O) groups excluding carboxylic acids is 2. The zero-order chi connectivity index (χ0) is 13.1. The van der Waals surface area contributed by atoms with Crippen LogP contribution < -0.4 is 16.6 Å². The highest BCUT2D eigenvalue weighted by molar-refractivity contribution is 6.01. The Hall–Kier alpha value is -2.22. The number of nitrogens with zero attached hydrogens (tertiary/aromatic N) is 3. The van der Waals surface area contributed by atoms with E-state index in [1.54, 1.807) is 6.07 Å². The van der Waals surface area contributed by atoms with Gasteiger partial charge in [0.15, 0.2) is 0 Å². The molecule has 1 fully saturated rings. The van der Waals surface area contributed by atoms with Crippen molar-refractivity contribution in [2.24, 2.45) is 5.84 Å². The van der Waals surface area contributed by atoms with Crippen LogP contribution in [-0.4, -0.2) is 39.8 Å². The normalized spacial score (nSPS) is 19.9. The SMILES string of the molecule is CN1C(=O)CCC(Nc2ccnc(NN)n2)C1=O. The molecular weight excluding hydrogens is 236 g/mol. The van der Waals surface area contributed by atoms with Gasteiger partial charge in [-0.25, -0.2) is 10.8 Å². The van der Waals surface area contributed by atoms with Crippen LogP contribution in [0.3, 0.4) is 0 Å². The van der Waals surface area contributed by atoms with E-state index in [1.165, 1.54) is 13.2 Å².